The fourth-order valence-electron chi connectivity index (χ4n) is 1.19. The molecule has 0 aliphatic rings. The van der Waals surface area contributed by atoms with Gasteiger partial charge in [0.15, 0.2) is 11.6 Å². The van der Waals surface area contributed by atoms with E-state index in [0.29, 0.717) is 24.4 Å². The molecule has 0 saturated heterocycles. The third kappa shape index (κ3) is 3.28. The Labute approximate surface area is 87.0 Å². The first kappa shape index (κ1) is 11.6. The van der Waals surface area contributed by atoms with Crippen LogP contribution in [-0.2, 0) is 6.42 Å². The Morgan fingerprint density at radius 3 is 2.67 bits per heavy atom. The van der Waals surface area contributed by atoms with Crippen LogP contribution in [0.15, 0.2) is 23.2 Å². The minimum atomic E-state index is -0.861. The standard InChI is InChI=1S/C10H13F2N3/c1-2-14-10(15-13)6-7-3-4-8(11)9(12)5-7/h3-5H,2,6,13H2,1H3,(H,14,15). The summed E-state index contributed by atoms with van der Waals surface area (Å²) in [6.07, 6.45) is 0.363. The summed E-state index contributed by atoms with van der Waals surface area (Å²) in [7, 11) is 0. The summed E-state index contributed by atoms with van der Waals surface area (Å²) in [6.45, 7) is 2.45. The van der Waals surface area contributed by atoms with E-state index in [4.69, 9.17) is 5.84 Å². The first-order chi connectivity index (χ1) is 7.17. The maximum absolute atomic E-state index is 12.9. The molecule has 0 unspecified atom stereocenters. The van der Waals surface area contributed by atoms with Crippen molar-refractivity contribution in [2.45, 2.75) is 13.3 Å². The van der Waals surface area contributed by atoms with Crippen LogP contribution in [0, 0.1) is 11.6 Å². The van der Waals surface area contributed by atoms with E-state index in [1.807, 2.05) is 6.92 Å². The van der Waals surface area contributed by atoms with Crippen molar-refractivity contribution >= 4 is 5.84 Å². The lowest BCUT2D eigenvalue weighted by Gasteiger charge is -2.05. The largest absolute Gasteiger partial charge is 0.312 e. The highest BCUT2D eigenvalue weighted by Crippen LogP contribution is 2.09. The third-order valence-corrected chi connectivity index (χ3v) is 1.87. The second-order valence-electron chi connectivity index (χ2n) is 2.99. The molecule has 0 radical (unpaired) electrons. The fourth-order valence-corrected chi connectivity index (χ4v) is 1.19. The fraction of sp³-hybridized carbons (Fsp3) is 0.300. The van der Waals surface area contributed by atoms with Crippen molar-refractivity contribution in [1.82, 2.24) is 5.43 Å². The summed E-state index contributed by atoms with van der Waals surface area (Å²) in [5.41, 5.74) is 3.04. The van der Waals surface area contributed by atoms with E-state index in [1.165, 1.54) is 6.07 Å². The Balaban J connectivity index is 2.80. The normalized spacial score (nSPS) is 11.6. The van der Waals surface area contributed by atoms with Gasteiger partial charge in [0.05, 0.1) is 0 Å². The highest BCUT2D eigenvalue weighted by atomic mass is 19.2. The molecule has 0 atom stereocenters. The molecular weight excluding hydrogens is 200 g/mol. The molecule has 0 amide bonds. The average Bonchev–Trinajstić information content (AvgIpc) is 2.23. The zero-order valence-corrected chi connectivity index (χ0v) is 8.43. The molecule has 0 aromatic heterocycles. The van der Waals surface area contributed by atoms with Gasteiger partial charge in [-0.15, -0.1) is 0 Å². The van der Waals surface area contributed by atoms with Crippen molar-refractivity contribution in [3.8, 4) is 0 Å². The Bertz CT molecular complexity index is 364. The van der Waals surface area contributed by atoms with Crippen molar-refractivity contribution < 1.29 is 8.78 Å². The number of hydrazine groups is 1. The van der Waals surface area contributed by atoms with Crippen LogP contribution < -0.4 is 11.3 Å². The van der Waals surface area contributed by atoms with Gasteiger partial charge in [-0.25, -0.2) is 14.6 Å². The average molecular weight is 213 g/mol. The van der Waals surface area contributed by atoms with Gasteiger partial charge in [-0.2, -0.15) is 0 Å². The zero-order chi connectivity index (χ0) is 11.3. The topological polar surface area (TPSA) is 50.4 Å². The van der Waals surface area contributed by atoms with Crippen LogP contribution in [0.4, 0.5) is 8.78 Å². The molecule has 0 heterocycles. The zero-order valence-electron chi connectivity index (χ0n) is 8.43. The van der Waals surface area contributed by atoms with Crippen LogP contribution in [0.3, 0.4) is 0 Å². The number of rotatable bonds is 3. The molecule has 3 N–H and O–H groups in total. The molecule has 3 nitrogen and oxygen atoms in total. The number of hydrogen-bond donors (Lipinski definition) is 2. The summed E-state index contributed by atoms with van der Waals surface area (Å²) in [6, 6.07) is 3.73. The molecule has 1 aromatic rings. The van der Waals surface area contributed by atoms with Gasteiger partial charge in [0.2, 0.25) is 0 Å². The van der Waals surface area contributed by atoms with E-state index in [1.54, 1.807) is 0 Å². The molecule has 15 heavy (non-hydrogen) atoms. The monoisotopic (exact) mass is 213 g/mol. The second kappa shape index (κ2) is 5.41. The number of hydrogen-bond acceptors (Lipinski definition) is 2. The first-order valence-corrected chi connectivity index (χ1v) is 4.61. The number of nitrogens with zero attached hydrogens (tertiary/aromatic N) is 1. The number of halogens is 2. The maximum Gasteiger partial charge on any atom is 0.159 e. The van der Waals surface area contributed by atoms with Crippen LogP contribution in [0.5, 0.6) is 0 Å². The number of benzene rings is 1. The molecule has 82 valence electrons. The quantitative estimate of drug-likeness (QED) is 0.345. The van der Waals surface area contributed by atoms with Crippen LogP contribution in [-0.4, -0.2) is 12.4 Å². The summed E-state index contributed by atoms with van der Waals surface area (Å²) in [4.78, 5) is 4.05. The van der Waals surface area contributed by atoms with Crippen LogP contribution >= 0.6 is 0 Å². The summed E-state index contributed by atoms with van der Waals surface area (Å²) >= 11 is 0. The van der Waals surface area contributed by atoms with Crippen molar-refractivity contribution in [1.29, 1.82) is 0 Å². The lowest BCUT2D eigenvalue weighted by atomic mass is 10.1. The van der Waals surface area contributed by atoms with Crippen molar-refractivity contribution in [2.24, 2.45) is 10.8 Å². The Kier molecular flexibility index (Phi) is 4.17. The van der Waals surface area contributed by atoms with E-state index in [0.717, 1.165) is 12.1 Å². The van der Waals surface area contributed by atoms with E-state index in [2.05, 4.69) is 10.4 Å². The maximum atomic E-state index is 12.9. The SMILES string of the molecule is CCN=C(Cc1ccc(F)c(F)c1)NN. The predicted molar refractivity (Wildman–Crippen MR) is 55.4 cm³/mol. The molecular formula is C10H13F2N3. The lowest BCUT2D eigenvalue weighted by molar-refractivity contribution is 0.507. The highest BCUT2D eigenvalue weighted by Gasteiger charge is 2.04. The number of nitrogens with two attached hydrogens (primary N) is 1. The van der Waals surface area contributed by atoms with Crippen molar-refractivity contribution in [3.05, 3.63) is 35.4 Å². The van der Waals surface area contributed by atoms with Crippen molar-refractivity contribution in [2.75, 3.05) is 6.54 Å². The minimum absolute atomic E-state index is 0.363. The van der Waals surface area contributed by atoms with Gasteiger partial charge < -0.3 is 5.43 Å². The summed E-state index contributed by atoms with van der Waals surface area (Å²) < 4.78 is 25.5. The van der Waals surface area contributed by atoms with Gasteiger partial charge in [0.25, 0.3) is 0 Å². The van der Waals surface area contributed by atoms with E-state index in [-0.39, 0.29) is 0 Å². The van der Waals surface area contributed by atoms with Crippen LogP contribution in [0.25, 0.3) is 0 Å². The Hall–Kier alpha value is -1.49. The van der Waals surface area contributed by atoms with E-state index in [9.17, 15) is 8.78 Å². The smallest absolute Gasteiger partial charge is 0.159 e. The summed E-state index contributed by atoms with van der Waals surface area (Å²) in [5.74, 6) is 4.06. The molecule has 0 aliphatic carbocycles. The van der Waals surface area contributed by atoms with Crippen LogP contribution in [0.1, 0.15) is 12.5 Å². The molecule has 1 aromatic carbocycles. The Morgan fingerprint density at radius 2 is 2.13 bits per heavy atom. The van der Waals surface area contributed by atoms with E-state index < -0.39 is 11.6 Å². The first-order valence-electron chi connectivity index (χ1n) is 4.61. The van der Waals surface area contributed by atoms with Gasteiger partial charge in [0, 0.05) is 13.0 Å². The molecule has 0 aliphatic heterocycles. The minimum Gasteiger partial charge on any atom is -0.312 e. The molecule has 1 rings (SSSR count). The number of amidine groups is 1. The number of nitrogens with one attached hydrogen (secondary N) is 1. The van der Waals surface area contributed by atoms with Gasteiger partial charge >= 0.3 is 0 Å². The van der Waals surface area contributed by atoms with Gasteiger partial charge in [-0.05, 0) is 24.6 Å². The van der Waals surface area contributed by atoms with Gasteiger partial charge in [-0.3, -0.25) is 4.99 Å². The molecule has 0 spiro atoms. The van der Waals surface area contributed by atoms with E-state index >= 15 is 0 Å². The molecule has 0 saturated carbocycles. The van der Waals surface area contributed by atoms with Gasteiger partial charge in [-0.1, -0.05) is 6.07 Å². The molecule has 0 fully saturated rings. The van der Waals surface area contributed by atoms with Crippen molar-refractivity contribution in [3.63, 3.8) is 0 Å². The predicted octanol–water partition coefficient (Wildman–Crippen LogP) is 1.39. The lowest BCUT2D eigenvalue weighted by Crippen LogP contribution is -2.32. The molecule has 0 bridgehead atoms. The van der Waals surface area contributed by atoms with Gasteiger partial charge in [0.1, 0.15) is 5.84 Å². The number of aliphatic imine (C=N–C) groups is 1. The Morgan fingerprint density at radius 1 is 1.40 bits per heavy atom. The highest BCUT2D eigenvalue weighted by molar-refractivity contribution is 5.83. The third-order valence-electron chi connectivity index (χ3n) is 1.87. The summed E-state index contributed by atoms with van der Waals surface area (Å²) in [5, 5.41) is 0. The second-order valence-corrected chi connectivity index (χ2v) is 2.99. The molecule has 5 heteroatoms. The van der Waals surface area contributed by atoms with Crippen LogP contribution in [0.2, 0.25) is 0 Å².